The van der Waals surface area contributed by atoms with Crippen molar-refractivity contribution in [3.05, 3.63) is 11.8 Å². The first-order chi connectivity index (χ1) is 9.56. The summed E-state index contributed by atoms with van der Waals surface area (Å²) in [6.07, 6.45) is 5.78. The van der Waals surface area contributed by atoms with Gasteiger partial charge in [-0.1, -0.05) is 26.7 Å². The minimum absolute atomic E-state index is 0.0165. The highest BCUT2D eigenvalue weighted by molar-refractivity contribution is 7.89. The molecule has 0 radical (unpaired) electrons. The maximum absolute atomic E-state index is 12.4. The zero-order chi connectivity index (χ0) is 14.6. The molecule has 0 saturated heterocycles. The normalized spacial score (nSPS) is 17.3. The average molecular weight is 300 g/mol. The fraction of sp³-hybridized carbons (Fsp3) is 0.769. The molecule has 0 aromatic carbocycles. The Hall–Kier alpha value is -0.920. The second-order valence-electron chi connectivity index (χ2n) is 5.41. The molecule has 1 aliphatic carbocycles. The Morgan fingerprint density at radius 1 is 1.45 bits per heavy atom. The van der Waals surface area contributed by atoms with Crippen LogP contribution in [0.15, 0.2) is 11.2 Å². The maximum atomic E-state index is 12.4. The van der Waals surface area contributed by atoms with Crippen LogP contribution in [-0.4, -0.2) is 31.2 Å². The van der Waals surface area contributed by atoms with Crippen LogP contribution >= 0.6 is 0 Å². The SMILES string of the molecule is CCNCc1cn[nH]c1S(=O)(=O)NC(CC)CC1CC1. The number of sulfonamides is 1. The molecule has 6 nitrogen and oxygen atoms in total. The minimum Gasteiger partial charge on any atom is -0.313 e. The third kappa shape index (κ3) is 4.04. The van der Waals surface area contributed by atoms with E-state index in [1.165, 1.54) is 12.8 Å². The maximum Gasteiger partial charge on any atom is 0.258 e. The largest absolute Gasteiger partial charge is 0.313 e. The van der Waals surface area contributed by atoms with E-state index in [2.05, 4.69) is 20.2 Å². The number of aromatic amines is 1. The topological polar surface area (TPSA) is 86.9 Å². The predicted octanol–water partition coefficient (Wildman–Crippen LogP) is 1.38. The van der Waals surface area contributed by atoms with Crippen LogP contribution in [-0.2, 0) is 16.6 Å². The molecule has 1 saturated carbocycles. The minimum atomic E-state index is -3.52. The lowest BCUT2D eigenvalue weighted by molar-refractivity contribution is 0.493. The van der Waals surface area contributed by atoms with Gasteiger partial charge in [0.25, 0.3) is 10.0 Å². The smallest absolute Gasteiger partial charge is 0.258 e. The highest BCUT2D eigenvalue weighted by Gasteiger charge is 2.29. The number of hydrogen-bond acceptors (Lipinski definition) is 4. The molecule has 1 unspecified atom stereocenters. The van der Waals surface area contributed by atoms with Gasteiger partial charge in [-0.05, 0) is 25.3 Å². The lowest BCUT2D eigenvalue weighted by atomic mass is 10.1. The second-order valence-corrected chi connectivity index (χ2v) is 7.06. The molecular weight excluding hydrogens is 276 g/mol. The van der Waals surface area contributed by atoms with Gasteiger partial charge in [0, 0.05) is 18.2 Å². The second kappa shape index (κ2) is 6.69. The van der Waals surface area contributed by atoms with Crippen molar-refractivity contribution in [2.75, 3.05) is 6.54 Å². The van der Waals surface area contributed by atoms with Crippen molar-refractivity contribution in [3.63, 3.8) is 0 Å². The van der Waals surface area contributed by atoms with Gasteiger partial charge < -0.3 is 5.32 Å². The zero-order valence-corrected chi connectivity index (χ0v) is 13.0. The fourth-order valence-corrected chi connectivity index (χ4v) is 3.71. The molecule has 2 rings (SSSR count). The Kier molecular flexibility index (Phi) is 5.17. The summed E-state index contributed by atoms with van der Waals surface area (Å²) in [6, 6.07) is 0.0165. The zero-order valence-electron chi connectivity index (χ0n) is 12.1. The van der Waals surface area contributed by atoms with E-state index in [0.29, 0.717) is 18.0 Å². The standard InChI is InChI=1S/C13H24N4O2S/c1-3-12(7-10-5-6-10)17-20(18,19)13-11(8-14-4-2)9-15-16-13/h9-10,12,14,17H,3-8H2,1-2H3,(H,15,16). The van der Waals surface area contributed by atoms with Crippen LogP contribution in [0.2, 0.25) is 0 Å². The molecule has 0 spiro atoms. The van der Waals surface area contributed by atoms with Gasteiger partial charge in [-0.2, -0.15) is 5.10 Å². The summed E-state index contributed by atoms with van der Waals surface area (Å²) in [4.78, 5) is 0. The number of hydrogen-bond donors (Lipinski definition) is 3. The molecule has 1 aromatic heterocycles. The number of nitrogens with zero attached hydrogens (tertiary/aromatic N) is 1. The highest BCUT2D eigenvalue weighted by Crippen LogP contribution is 2.34. The van der Waals surface area contributed by atoms with Crippen LogP contribution < -0.4 is 10.0 Å². The summed E-state index contributed by atoms with van der Waals surface area (Å²) in [7, 11) is -3.52. The van der Waals surface area contributed by atoms with Crippen LogP contribution in [0.3, 0.4) is 0 Å². The first kappa shape index (κ1) is 15.5. The summed E-state index contributed by atoms with van der Waals surface area (Å²) in [5.74, 6) is 0.700. The van der Waals surface area contributed by atoms with E-state index < -0.39 is 10.0 Å². The van der Waals surface area contributed by atoms with E-state index in [0.717, 1.165) is 19.4 Å². The van der Waals surface area contributed by atoms with Crippen LogP contribution in [0.5, 0.6) is 0 Å². The summed E-state index contributed by atoms with van der Waals surface area (Å²) in [5.41, 5.74) is 0.681. The number of H-pyrrole nitrogens is 1. The third-order valence-electron chi connectivity index (χ3n) is 3.64. The van der Waals surface area contributed by atoms with Gasteiger partial charge in [0.1, 0.15) is 0 Å². The number of nitrogens with one attached hydrogen (secondary N) is 3. The van der Waals surface area contributed by atoms with Gasteiger partial charge in [-0.25, -0.2) is 13.1 Å². The van der Waals surface area contributed by atoms with Gasteiger partial charge in [-0.3, -0.25) is 5.10 Å². The van der Waals surface area contributed by atoms with Gasteiger partial charge in [0.2, 0.25) is 0 Å². The van der Waals surface area contributed by atoms with Gasteiger partial charge in [0.15, 0.2) is 5.03 Å². The van der Waals surface area contributed by atoms with E-state index in [9.17, 15) is 8.42 Å². The van der Waals surface area contributed by atoms with Crippen molar-refractivity contribution in [2.24, 2.45) is 5.92 Å². The predicted molar refractivity (Wildman–Crippen MR) is 77.7 cm³/mol. The summed E-state index contributed by atoms with van der Waals surface area (Å²) < 4.78 is 27.7. The molecule has 1 heterocycles. The highest BCUT2D eigenvalue weighted by atomic mass is 32.2. The van der Waals surface area contributed by atoms with E-state index >= 15 is 0 Å². The van der Waals surface area contributed by atoms with Crippen molar-refractivity contribution in [1.82, 2.24) is 20.2 Å². The molecule has 1 aromatic rings. The first-order valence-electron chi connectivity index (χ1n) is 7.32. The van der Waals surface area contributed by atoms with E-state index in [1.807, 2.05) is 13.8 Å². The molecule has 0 bridgehead atoms. The van der Waals surface area contributed by atoms with Gasteiger partial charge >= 0.3 is 0 Å². The quantitative estimate of drug-likeness (QED) is 0.643. The summed E-state index contributed by atoms with van der Waals surface area (Å²) in [6.45, 7) is 5.29. The van der Waals surface area contributed by atoms with E-state index in [1.54, 1.807) is 6.20 Å². The Morgan fingerprint density at radius 3 is 2.80 bits per heavy atom. The molecule has 0 amide bonds. The molecular formula is C13H24N4O2S. The van der Waals surface area contributed by atoms with Crippen molar-refractivity contribution in [2.45, 2.75) is 57.1 Å². The lowest BCUT2D eigenvalue weighted by Gasteiger charge is -2.16. The third-order valence-corrected chi connectivity index (χ3v) is 5.18. The number of rotatable bonds is 9. The molecule has 0 aliphatic heterocycles. The van der Waals surface area contributed by atoms with Crippen molar-refractivity contribution < 1.29 is 8.42 Å². The van der Waals surface area contributed by atoms with Crippen LogP contribution in [0.1, 0.15) is 45.1 Å². The molecule has 7 heteroatoms. The summed E-state index contributed by atoms with van der Waals surface area (Å²) >= 11 is 0. The Morgan fingerprint density at radius 2 is 2.20 bits per heavy atom. The Balaban J connectivity index is 2.06. The molecule has 114 valence electrons. The summed E-state index contributed by atoms with van der Waals surface area (Å²) in [5, 5.41) is 9.78. The fourth-order valence-electron chi connectivity index (χ4n) is 2.25. The molecule has 1 fully saturated rings. The van der Waals surface area contributed by atoms with Crippen LogP contribution in [0.4, 0.5) is 0 Å². The van der Waals surface area contributed by atoms with Crippen molar-refractivity contribution >= 4 is 10.0 Å². The Bertz CT molecular complexity index is 522. The van der Waals surface area contributed by atoms with Crippen LogP contribution in [0, 0.1) is 5.92 Å². The average Bonchev–Trinajstić information content (AvgIpc) is 3.09. The lowest BCUT2D eigenvalue weighted by Crippen LogP contribution is -2.35. The van der Waals surface area contributed by atoms with Gasteiger partial charge in [0.05, 0.1) is 6.20 Å². The van der Waals surface area contributed by atoms with E-state index in [4.69, 9.17) is 0 Å². The molecule has 3 N–H and O–H groups in total. The first-order valence-corrected chi connectivity index (χ1v) is 8.80. The van der Waals surface area contributed by atoms with Crippen molar-refractivity contribution in [1.29, 1.82) is 0 Å². The van der Waals surface area contributed by atoms with Crippen molar-refractivity contribution in [3.8, 4) is 0 Å². The molecule has 1 atom stereocenters. The van der Waals surface area contributed by atoms with Gasteiger partial charge in [-0.15, -0.1) is 0 Å². The van der Waals surface area contributed by atoms with Crippen LogP contribution in [0.25, 0.3) is 0 Å². The van der Waals surface area contributed by atoms with E-state index in [-0.39, 0.29) is 11.1 Å². The molecule has 1 aliphatic rings. The Labute approximate surface area is 120 Å². The monoisotopic (exact) mass is 300 g/mol. The number of aromatic nitrogens is 2. The molecule has 20 heavy (non-hydrogen) atoms.